The minimum Gasteiger partial charge on any atom is -0.394 e. The van der Waals surface area contributed by atoms with E-state index in [1.807, 2.05) is 53.2 Å². The second-order valence-corrected chi connectivity index (χ2v) is 4.61. The number of aromatic nitrogens is 2. The third-order valence-corrected chi connectivity index (χ3v) is 2.92. The van der Waals surface area contributed by atoms with Crippen molar-refractivity contribution in [3.8, 4) is 5.69 Å². The molecule has 0 fully saturated rings. The van der Waals surface area contributed by atoms with Crippen molar-refractivity contribution in [1.29, 1.82) is 0 Å². The molecule has 0 aliphatic heterocycles. The fourth-order valence-electron chi connectivity index (χ4n) is 2.05. The second kappa shape index (κ2) is 6.47. The lowest BCUT2D eigenvalue weighted by Gasteiger charge is -2.20. The maximum Gasteiger partial charge on any atom is 0.0897 e. The summed E-state index contributed by atoms with van der Waals surface area (Å²) in [5, 5.41) is 22.6. The molecule has 0 bridgehead atoms. The number of aliphatic hydroxyl groups excluding tert-OH is 2. The Balaban J connectivity index is 2.12. The van der Waals surface area contributed by atoms with Gasteiger partial charge >= 0.3 is 0 Å². The molecule has 5 nitrogen and oxygen atoms in total. The van der Waals surface area contributed by atoms with E-state index in [0.717, 1.165) is 11.3 Å². The number of nitrogens with zero attached hydrogens (tertiary/aromatic N) is 3. The maximum absolute atomic E-state index is 9.45. The first-order chi connectivity index (χ1) is 9.20. The van der Waals surface area contributed by atoms with Crippen LogP contribution in [0.25, 0.3) is 5.69 Å². The topological polar surface area (TPSA) is 61.5 Å². The zero-order valence-electron chi connectivity index (χ0n) is 11.0. The van der Waals surface area contributed by atoms with Crippen molar-refractivity contribution in [2.45, 2.75) is 12.6 Å². The molecule has 2 aromatic rings. The van der Waals surface area contributed by atoms with Gasteiger partial charge in [0.05, 0.1) is 18.4 Å². The number of hydrogen-bond donors (Lipinski definition) is 2. The molecule has 0 radical (unpaired) electrons. The number of aliphatic hydroxyl groups is 2. The van der Waals surface area contributed by atoms with Gasteiger partial charge in [-0.15, -0.1) is 0 Å². The maximum atomic E-state index is 9.45. The molecular formula is C14H19N3O2. The molecule has 1 aromatic carbocycles. The molecule has 0 unspecified atom stereocenters. The summed E-state index contributed by atoms with van der Waals surface area (Å²) in [5.41, 5.74) is 2.15. The number of hydrogen-bond acceptors (Lipinski definition) is 4. The average molecular weight is 261 g/mol. The highest BCUT2D eigenvalue weighted by Crippen LogP contribution is 2.15. The highest BCUT2D eigenvalue weighted by molar-refractivity contribution is 5.40. The van der Waals surface area contributed by atoms with Gasteiger partial charge in [0.15, 0.2) is 0 Å². The van der Waals surface area contributed by atoms with Gasteiger partial charge in [-0.3, -0.25) is 4.90 Å². The Bertz CT molecular complexity index is 499. The SMILES string of the molecule is CN(Cc1ccccc1-n1cccn1)C[C@H](O)CO. The van der Waals surface area contributed by atoms with Crippen molar-refractivity contribution in [2.75, 3.05) is 20.2 Å². The standard InChI is InChI=1S/C14H19N3O2/c1-16(10-13(19)11-18)9-12-5-2-3-6-14(12)17-8-4-7-15-17/h2-8,13,18-19H,9-11H2,1H3/t13-/m0/s1. The van der Waals surface area contributed by atoms with E-state index >= 15 is 0 Å². The van der Waals surface area contributed by atoms with Gasteiger partial charge in [0.1, 0.15) is 0 Å². The minimum atomic E-state index is -0.707. The van der Waals surface area contributed by atoms with Gasteiger partial charge in [-0.05, 0) is 24.7 Å². The molecule has 5 heteroatoms. The van der Waals surface area contributed by atoms with E-state index in [1.165, 1.54) is 0 Å². The Kier molecular flexibility index (Phi) is 4.68. The fraction of sp³-hybridized carbons (Fsp3) is 0.357. The average Bonchev–Trinajstić information content (AvgIpc) is 2.93. The highest BCUT2D eigenvalue weighted by atomic mass is 16.3. The van der Waals surface area contributed by atoms with Gasteiger partial charge in [0.25, 0.3) is 0 Å². The molecule has 2 rings (SSSR count). The predicted molar refractivity (Wildman–Crippen MR) is 73.0 cm³/mol. The molecular weight excluding hydrogens is 242 g/mol. The van der Waals surface area contributed by atoms with Crippen LogP contribution in [0.5, 0.6) is 0 Å². The molecule has 1 heterocycles. The van der Waals surface area contributed by atoms with Crippen molar-refractivity contribution in [2.24, 2.45) is 0 Å². The van der Waals surface area contributed by atoms with Crippen LogP contribution in [0.3, 0.4) is 0 Å². The van der Waals surface area contributed by atoms with Crippen LogP contribution in [0, 0.1) is 0 Å². The third-order valence-electron chi connectivity index (χ3n) is 2.92. The van der Waals surface area contributed by atoms with E-state index < -0.39 is 6.10 Å². The Morgan fingerprint density at radius 1 is 1.32 bits per heavy atom. The number of rotatable bonds is 6. The summed E-state index contributed by atoms with van der Waals surface area (Å²) in [6.45, 7) is 0.905. The molecule has 19 heavy (non-hydrogen) atoms. The van der Waals surface area contributed by atoms with E-state index in [1.54, 1.807) is 6.20 Å². The zero-order valence-corrected chi connectivity index (χ0v) is 11.0. The summed E-state index contributed by atoms with van der Waals surface area (Å²) in [6.07, 6.45) is 2.94. The molecule has 102 valence electrons. The quantitative estimate of drug-likeness (QED) is 0.802. The Hall–Kier alpha value is -1.69. The molecule has 2 N–H and O–H groups in total. The van der Waals surface area contributed by atoms with Crippen molar-refractivity contribution < 1.29 is 10.2 Å². The largest absolute Gasteiger partial charge is 0.394 e. The first-order valence-electron chi connectivity index (χ1n) is 6.26. The van der Waals surface area contributed by atoms with Crippen LogP contribution in [0.2, 0.25) is 0 Å². The first-order valence-corrected chi connectivity index (χ1v) is 6.26. The molecule has 0 aliphatic carbocycles. The minimum absolute atomic E-state index is 0.217. The molecule has 0 saturated carbocycles. The van der Waals surface area contributed by atoms with Crippen LogP contribution in [0.15, 0.2) is 42.7 Å². The van der Waals surface area contributed by atoms with Crippen LogP contribution in [0.1, 0.15) is 5.56 Å². The van der Waals surface area contributed by atoms with Crippen molar-refractivity contribution in [3.63, 3.8) is 0 Å². The highest BCUT2D eigenvalue weighted by Gasteiger charge is 2.10. The van der Waals surface area contributed by atoms with Gasteiger partial charge in [0.2, 0.25) is 0 Å². The van der Waals surface area contributed by atoms with Crippen molar-refractivity contribution in [3.05, 3.63) is 48.3 Å². The number of para-hydroxylation sites is 1. The van der Waals surface area contributed by atoms with Gasteiger partial charge in [-0.2, -0.15) is 5.10 Å². The lowest BCUT2D eigenvalue weighted by atomic mass is 10.1. The summed E-state index contributed by atoms with van der Waals surface area (Å²) < 4.78 is 1.83. The Labute approximate surface area is 112 Å². The van der Waals surface area contributed by atoms with Crippen LogP contribution in [-0.2, 0) is 6.54 Å². The van der Waals surface area contributed by atoms with Gasteiger partial charge in [-0.25, -0.2) is 4.68 Å². The Morgan fingerprint density at radius 2 is 2.11 bits per heavy atom. The first kappa shape index (κ1) is 13.7. The molecule has 0 amide bonds. The Morgan fingerprint density at radius 3 is 2.79 bits per heavy atom. The van der Waals surface area contributed by atoms with E-state index in [9.17, 15) is 5.11 Å². The molecule has 0 saturated heterocycles. The zero-order chi connectivity index (χ0) is 13.7. The molecule has 1 atom stereocenters. The number of likely N-dealkylation sites (N-methyl/N-ethyl adjacent to an activating group) is 1. The molecule has 0 spiro atoms. The summed E-state index contributed by atoms with van der Waals surface area (Å²) in [5.74, 6) is 0. The van der Waals surface area contributed by atoms with Crippen LogP contribution in [0.4, 0.5) is 0 Å². The lowest BCUT2D eigenvalue weighted by molar-refractivity contribution is 0.0648. The van der Waals surface area contributed by atoms with E-state index in [4.69, 9.17) is 5.11 Å². The van der Waals surface area contributed by atoms with E-state index in [0.29, 0.717) is 13.1 Å². The summed E-state index contributed by atoms with van der Waals surface area (Å²) in [4.78, 5) is 1.98. The van der Waals surface area contributed by atoms with Crippen molar-refractivity contribution in [1.82, 2.24) is 14.7 Å². The summed E-state index contributed by atoms with van der Waals surface area (Å²) >= 11 is 0. The summed E-state index contributed by atoms with van der Waals surface area (Å²) in [6, 6.07) is 9.90. The van der Waals surface area contributed by atoms with Gasteiger partial charge < -0.3 is 10.2 Å². The molecule has 1 aromatic heterocycles. The van der Waals surface area contributed by atoms with E-state index in [2.05, 4.69) is 5.10 Å². The molecule has 0 aliphatic rings. The van der Waals surface area contributed by atoms with Gasteiger partial charge in [0, 0.05) is 25.5 Å². The third kappa shape index (κ3) is 3.64. The predicted octanol–water partition coefficient (Wildman–Crippen LogP) is 0.657. The smallest absolute Gasteiger partial charge is 0.0897 e. The van der Waals surface area contributed by atoms with Crippen LogP contribution in [-0.4, -0.2) is 51.2 Å². The lowest BCUT2D eigenvalue weighted by Crippen LogP contribution is -2.31. The monoisotopic (exact) mass is 261 g/mol. The summed E-state index contributed by atoms with van der Waals surface area (Å²) in [7, 11) is 1.92. The van der Waals surface area contributed by atoms with Gasteiger partial charge in [-0.1, -0.05) is 18.2 Å². The van der Waals surface area contributed by atoms with Crippen LogP contribution < -0.4 is 0 Å². The van der Waals surface area contributed by atoms with E-state index in [-0.39, 0.29) is 6.61 Å². The number of benzene rings is 1. The van der Waals surface area contributed by atoms with Crippen molar-refractivity contribution >= 4 is 0 Å². The fourth-order valence-corrected chi connectivity index (χ4v) is 2.05. The second-order valence-electron chi connectivity index (χ2n) is 4.61. The van der Waals surface area contributed by atoms with Crippen LogP contribution >= 0.6 is 0 Å². The normalized spacial score (nSPS) is 12.8.